The number of nitro groups is 1. The molecule has 1 atom stereocenters. The molecule has 12 heavy (non-hydrogen) atoms. The van der Waals surface area contributed by atoms with Crippen molar-refractivity contribution >= 4 is 0 Å². The van der Waals surface area contributed by atoms with Crippen LogP contribution < -0.4 is 21.2 Å². The van der Waals surface area contributed by atoms with Gasteiger partial charge < -0.3 is 0 Å². The SMILES string of the molecule is CCCC(CC[I-]CC)[N+](=O)[O-]. The van der Waals surface area contributed by atoms with Gasteiger partial charge in [-0.15, -0.1) is 0 Å². The van der Waals surface area contributed by atoms with Gasteiger partial charge in [-0.2, -0.15) is 0 Å². The Morgan fingerprint density at radius 1 is 1.42 bits per heavy atom. The van der Waals surface area contributed by atoms with Crippen LogP contribution in [-0.2, 0) is 0 Å². The van der Waals surface area contributed by atoms with E-state index in [1.54, 1.807) is 0 Å². The fourth-order valence-electron chi connectivity index (χ4n) is 1.03. The number of rotatable bonds is 7. The zero-order chi connectivity index (χ0) is 9.40. The van der Waals surface area contributed by atoms with Gasteiger partial charge in [0.2, 0.25) is 0 Å². The summed E-state index contributed by atoms with van der Waals surface area (Å²) in [5.41, 5.74) is 0. The summed E-state index contributed by atoms with van der Waals surface area (Å²) < 4.78 is 2.36. The van der Waals surface area contributed by atoms with Crippen molar-refractivity contribution in [1.29, 1.82) is 0 Å². The van der Waals surface area contributed by atoms with Crippen molar-refractivity contribution in [3.8, 4) is 0 Å². The standard InChI is InChI=1S/C8H17INO2/c1-3-5-8(10(11)12)6-7-9-4-2/h8H,3-7H2,1-2H3/q-1. The Labute approximate surface area is 84.3 Å². The first-order valence-corrected chi connectivity index (χ1v) is 7.44. The number of halogens is 1. The quantitative estimate of drug-likeness (QED) is 0.197. The third-order valence-corrected chi connectivity index (χ3v) is 4.15. The van der Waals surface area contributed by atoms with Crippen molar-refractivity contribution in [3.63, 3.8) is 0 Å². The maximum absolute atomic E-state index is 10.5. The Balaban J connectivity index is 3.56. The van der Waals surface area contributed by atoms with E-state index >= 15 is 0 Å². The van der Waals surface area contributed by atoms with Gasteiger partial charge in [-0.05, 0) is 0 Å². The van der Waals surface area contributed by atoms with E-state index in [1.807, 2.05) is 6.92 Å². The third kappa shape index (κ3) is 5.74. The Bertz CT molecular complexity index is 130. The van der Waals surface area contributed by atoms with Crippen LogP contribution in [0.2, 0.25) is 0 Å². The molecule has 0 aromatic carbocycles. The van der Waals surface area contributed by atoms with Crippen LogP contribution >= 0.6 is 0 Å². The molecule has 0 aliphatic rings. The van der Waals surface area contributed by atoms with Crippen molar-refractivity contribution in [3.05, 3.63) is 10.1 Å². The molecule has 0 fully saturated rings. The summed E-state index contributed by atoms with van der Waals surface area (Å²) in [5.74, 6) is 0. The molecule has 0 radical (unpaired) electrons. The van der Waals surface area contributed by atoms with E-state index in [0.717, 1.165) is 23.7 Å². The first kappa shape index (κ1) is 12.1. The molecule has 0 rings (SSSR count). The summed E-state index contributed by atoms with van der Waals surface area (Å²) in [7, 11) is 0. The van der Waals surface area contributed by atoms with Crippen LogP contribution in [0.5, 0.6) is 0 Å². The summed E-state index contributed by atoms with van der Waals surface area (Å²) in [4.78, 5) is 10.4. The van der Waals surface area contributed by atoms with Gasteiger partial charge in [-0.25, -0.2) is 0 Å². The van der Waals surface area contributed by atoms with Gasteiger partial charge in [0, 0.05) is 0 Å². The summed E-state index contributed by atoms with van der Waals surface area (Å²) in [5, 5.41) is 10.5. The van der Waals surface area contributed by atoms with Crippen LogP contribution in [0.1, 0.15) is 33.1 Å². The van der Waals surface area contributed by atoms with Crippen molar-refractivity contribution in [2.45, 2.75) is 39.2 Å². The summed E-state index contributed by atoms with van der Waals surface area (Å²) in [6.45, 7) is 4.17. The normalized spacial score (nSPS) is 13.2. The minimum absolute atomic E-state index is 0.108. The van der Waals surface area contributed by atoms with E-state index in [1.165, 1.54) is 4.43 Å². The van der Waals surface area contributed by atoms with Gasteiger partial charge in [0.25, 0.3) is 0 Å². The second-order valence-electron chi connectivity index (χ2n) is 2.66. The fourth-order valence-corrected chi connectivity index (χ4v) is 2.95. The van der Waals surface area contributed by atoms with Gasteiger partial charge in [0.05, 0.1) is 0 Å². The molecule has 0 aliphatic heterocycles. The van der Waals surface area contributed by atoms with E-state index in [4.69, 9.17) is 0 Å². The molecule has 0 spiro atoms. The van der Waals surface area contributed by atoms with Crippen molar-refractivity contribution < 1.29 is 26.1 Å². The number of alkyl halides is 2. The van der Waals surface area contributed by atoms with Gasteiger partial charge >= 0.3 is 84.2 Å². The van der Waals surface area contributed by atoms with Gasteiger partial charge in [0.15, 0.2) is 0 Å². The second-order valence-corrected chi connectivity index (χ2v) is 6.34. The number of hydrogen-bond donors (Lipinski definition) is 0. The van der Waals surface area contributed by atoms with Crippen molar-refractivity contribution in [2.24, 2.45) is 0 Å². The van der Waals surface area contributed by atoms with Crippen molar-refractivity contribution in [2.75, 3.05) is 8.86 Å². The van der Waals surface area contributed by atoms with E-state index in [-0.39, 0.29) is 32.2 Å². The van der Waals surface area contributed by atoms with E-state index < -0.39 is 0 Å². The Morgan fingerprint density at radius 2 is 2.08 bits per heavy atom. The molecule has 0 aromatic rings. The maximum atomic E-state index is 10.5. The average molecular weight is 286 g/mol. The number of hydrogen-bond acceptors (Lipinski definition) is 2. The zero-order valence-corrected chi connectivity index (χ0v) is 9.91. The summed E-state index contributed by atoms with van der Waals surface area (Å²) in [6, 6.07) is -0.263. The van der Waals surface area contributed by atoms with Gasteiger partial charge in [0.1, 0.15) is 0 Å². The molecular formula is C8H17INO2-. The molecule has 0 saturated heterocycles. The summed E-state index contributed by atoms with van der Waals surface area (Å²) >= 11 is 0.253. The molecule has 3 nitrogen and oxygen atoms in total. The Morgan fingerprint density at radius 3 is 2.50 bits per heavy atom. The van der Waals surface area contributed by atoms with Crippen LogP contribution in [0.25, 0.3) is 0 Å². The molecule has 0 saturated carbocycles. The monoisotopic (exact) mass is 286 g/mol. The van der Waals surface area contributed by atoms with Crippen LogP contribution in [0, 0.1) is 10.1 Å². The Hall–Kier alpha value is 0.130. The predicted molar refractivity (Wildman–Crippen MR) is 45.7 cm³/mol. The molecule has 0 amide bonds. The predicted octanol–water partition coefficient (Wildman–Crippen LogP) is -1.07. The molecular weight excluding hydrogens is 269 g/mol. The average Bonchev–Trinajstić information content (AvgIpc) is 2.03. The summed E-state index contributed by atoms with van der Waals surface area (Å²) in [6.07, 6.45) is 2.48. The fraction of sp³-hybridized carbons (Fsp3) is 1.00. The Kier molecular flexibility index (Phi) is 7.85. The molecule has 74 valence electrons. The molecule has 0 aliphatic carbocycles. The van der Waals surface area contributed by atoms with E-state index in [0.29, 0.717) is 0 Å². The second kappa shape index (κ2) is 7.76. The van der Waals surface area contributed by atoms with Crippen LogP contribution in [-0.4, -0.2) is 19.8 Å². The first-order chi connectivity index (χ1) is 5.72. The van der Waals surface area contributed by atoms with Gasteiger partial charge in [-0.1, -0.05) is 0 Å². The molecule has 0 N–H and O–H groups in total. The molecule has 0 heterocycles. The molecule has 4 heteroatoms. The van der Waals surface area contributed by atoms with Gasteiger partial charge in [-0.3, -0.25) is 0 Å². The zero-order valence-electron chi connectivity index (χ0n) is 7.75. The molecule has 1 unspecified atom stereocenters. The molecule has 0 aromatic heterocycles. The number of nitrogens with zero attached hydrogens (tertiary/aromatic N) is 1. The van der Waals surface area contributed by atoms with Crippen LogP contribution in [0.4, 0.5) is 0 Å². The van der Waals surface area contributed by atoms with E-state index in [2.05, 4.69) is 6.92 Å². The topological polar surface area (TPSA) is 43.1 Å². The van der Waals surface area contributed by atoms with Crippen LogP contribution in [0.15, 0.2) is 0 Å². The van der Waals surface area contributed by atoms with Crippen molar-refractivity contribution in [1.82, 2.24) is 0 Å². The minimum atomic E-state index is -0.263. The third-order valence-electron chi connectivity index (χ3n) is 1.68. The molecule has 0 bridgehead atoms. The van der Waals surface area contributed by atoms with Crippen LogP contribution in [0.3, 0.4) is 0 Å². The first-order valence-electron chi connectivity index (χ1n) is 4.39. The van der Waals surface area contributed by atoms with E-state index in [9.17, 15) is 10.1 Å².